The first-order valence-corrected chi connectivity index (χ1v) is 12.3. The Morgan fingerprint density at radius 1 is 0.946 bits per heavy atom. The van der Waals surface area contributed by atoms with Gasteiger partial charge in [-0.15, -0.1) is 0 Å². The highest BCUT2D eigenvalue weighted by Gasteiger charge is 2.16. The maximum atomic E-state index is 12.2. The first-order chi connectivity index (χ1) is 18.2. The lowest BCUT2D eigenvalue weighted by atomic mass is 10.0. The highest BCUT2D eigenvalue weighted by atomic mass is 16.1. The Hall–Kier alpha value is -4.85. The van der Waals surface area contributed by atoms with Crippen molar-refractivity contribution in [2.75, 3.05) is 5.32 Å². The Morgan fingerprint density at radius 3 is 2.73 bits per heavy atom. The van der Waals surface area contributed by atoms with Gasteiger partial charge in [-0.3, -0.25) is 19.9 Å². The molecule has 0 fully saturated rings. The molecule has 1 aromatic carbocycles. The molecule has 0 radical (unpaired) electrons. The van der Waals surface area contributed by atoms with E-state index in [1.54, 1.807) is 18.6 Å². The van der Waals surface area contributed by atoms with Crippen molar-refractivity contribution >= 4 is 33.5 Å². The lowest BCUT2D eigenvalue weighted by Crippen LogP contribution is -2.11. The SMILES string of the molecule is CCCCC(=O)Nc1cncc(-c2ccc3[nH]nc(-c4cc5c(-c6cccnc6)cccc5[nH]4)c3n2)c1. The van der Waals surface area contributed by atoms with Gasteiger partial charge >= 0.3 is 0 Å². The number of nitrogens with zero attached hydrogens (tertiary/aromatic N) is 4. The minimum Gasteiger partial charge on any atom is -0.353 e. The summed E-state index contributed by atoms with van der Waals surface area (Å²) >= 11 is 0. The van der Waals surface area contributed by atoms with Crippen molar-refractivity contribution in [3.05, 3.63) is 79.4 Å². The summed E-state index contributed by atoms with van der Waals surface area (Å²) in [6.45, 7) is 2.07. The summed E-state index contributed by atoms with van der Waals surface area (Å²) in [7, 11) is 0. The number of pyridine rings is 3. The van der Waals surface area contributed by atoms with Crippen LogP contribution in [0.3, 0.4) is 0 Å². The van der Waals surface area contributed by atoms with Crippen LogP contribution >= 0.6 is 0 Å². The van der Waals surface area contributed by atoms with E-state index in [0.717, 1.165) is 68.6 Å². The molecule has 6 rings (SSSR count). The Bertz CT molecular complexity index is 1720. The average Bonchev–Trinajstić information content (AvgIpc) is 3.56. The summed E-state index contributed by atoms with van der Waals surface area (Å²) < 4.78 is 0. The number of unbranched alkanes of at least 4 members (excludes halogenated alkanes) is 1. The highest BCUT2D eigenvalue weighted by Crippen LogP contribution is 2.34. The predicted molar refractivity (Wildman–Crippen MR) is 146 cm³/mol. The first kappa shape index (κ1) is 22.6. The normalized spacial score (nSPS) is 11.3. The van der Waals surface area contributed by atoms with Gasteiger partial charge in [-0.2, -0.15) is 5.10 Å². The van der Waals surface area contributed by atoms with Crippen LogP contribution in [-0.2, 0) is 4.79 Å². The monoisotopic (exact) mass is 487 g/mol. The summed E-state index contributed by atoms with van der Waals surface area (Å²) in [6.07, 6.45) is 9.38. The lowest BCUT2D eigenvalue weighted by molar-refractivity contribution is -0.116. The molecule has 6 aromatic rings. The minimum absolute atomic E-state index is 0.00852. The number of fused-ring (bicyclic) bond motifs is 2. The van der Waals surface area contributed by atoms with E-state index >= 15 is 0 Å². The third-order valence-electron chi connectivity index (χ3n) is 6.37. The van der Waals surface area contributed by atoms with E-state index in [4.69, 9.17) is 4.98 Å². The number of rotatable bonds is 7. The van der Waals surface area contributed by atoms with Gasteiger partial charge in [0.1, 0.15) is 11.2 Å². The van der Waals surface area contributed by atoms with Crippen molar-refractivity contribution in [1.29, 1.82) is 0 Å². The molecule has 1 amide bonds. The van der Waals surface area contributed by atoms with Crippen LogP contribution in [0.15, 0.2) is 79.4 Å². The van der Waals surface area contributed by atoms with Crippen LogP contribution in [-0.4, -0.2) is 36.0 Å². The van der Waals surface area contributed by atoms with Gasteiger partial charge in [-0.25, -0.2) is 4.98 Å². The number of benzene rings is 1. The molecule has 0 saturated carbocycles. The van der Waals surface area contributed by atoms with Crippen molar-refractivity contribution < 1.29 is 4.79 Å². The number of nitrogens with one attached hydrogen (secondary N) is 3. The molecule has 0 spiro atoms. The number of carbonyl (C=O) groups excluding carboxylic acids is 1. The average molecular weight is 488 g/mol. The van der Waals surface area contributed by atoms with Crippen molar-refractivity contribution in [1.82, 2.24) is 30.1 Å². The van der Waals surface area contributed by atoms with E-state index in [2.05, 4.69) is 61.7 Å². The molecule has 8 heteroatoms. The number of H-pyrrole nitrogens is 2. The Morgan fingerprint density at radius 2 is 1.86 bits per heavy atom. The Labute approximate surface area is 213 Å². The van der Waals surface area contributed by atoms with Gasteiger partial charge in [0.2, 0.25) is 5.91 Å². The topological polar surface area (TPSA) is 112 Å². The number of aromatic nitrogens is 6. The second-order valence-electron chi connectivity index (χ2n) is 8.97. The summed E-state index contributed by atoms with van der Waals surface area (Å²) in [4.78, 5) is 29.2. The zero-order chi connectivity index (χ0) is 25.2. The lowest BCUT2D eigenvalue weighted by Gasteiger charge is -2.07. The molecule has 0 bridgehead atoms. The summed E-state index contributed by atoms with van der Waals surface area (Å²) in [5, 5.41) is 11.7. The third-order valence-corrected chi connectivity index (χ3v) is 6.37. The number of carbonyl (C=O) groups is 1. The van der Waals surface area contributed by atoms with Crippen LogP contribution in [0, 0.1) is 0 Å². The van der Waals surface area contributed by atoms with E-state index in [1.807, 2.05) is 36.5 Å². The standard InChI is InChI=1S/C29H25N7O/c1-2-3-9-27(37)32-20-13-19(16-31-17-20)23-10-11-25-28(34-23)29(36-35-25)26-14-22-21(7-4-8-24(22)33-26)18-6-5-12-30-15-18/h4-8,10-17,33H,2-3,9H2,1H3,(H,32,37)(H,35,36). The molecule has 182 valence electrons. The molecule has 37 heavy (non-hydrogen) atoms. The van der Waals surface area contributed by atoms with E-state index in [-0.39, 0.29) is 5.91 Å². The zero-order valence-electron chi connectivity index (χ0n) is 20.3. The van der Waals surface area contributed by atoms with Crippen molar-refractivity contribution in [3.63, 3.8) is 0 Å². The summed E-state index contributed by atoms with van der Waals surface area (Å²) in [6, 6.07) is 18.1. The molecule has 5 heterocycles. The van der Waals surface area contributed by atoms with Crippen LogP contribution < -0.4 is 5.32 Å². The molecule has 0 aliphatic carbocycles. The van der Waals surface area contributed by atoms with Gasteiger partial charge in [0.25, 0.3) is 0 Å². The van der Waals surface area contributed by atoms with Crippen LogP contribution in [0.25, 0.3) is 55.7 Å². The van der Waals surface area contributed by atoms with Gasteiger partial charge in [-0.05, 0) is 48.4 Å². The molecule has 3 N–H and O–H groups in total. The maximum Gasteiger partial charge on any atom is 0.224 e. The first-order valence-electron chi connectivity index (χ1n) is 12.3. The molecular formula is C29H25N7O. The van der Waals surface area contributed by atoms with Gasteiger partial charge in [-0.1, -0.05) is 31.5 Å². The number of amides is 1. The fourth-order valence-electron chi connectivity index (χ4n) is 4.51. The van der Waals surface area contributed by atoms with Crippen LogP contribution in [0.4, 0.5) is 5.69 Å². The minimum atomic E-state index is -0.00852. The van der Waals surface area contributed by atoms with E-state index in [9.17, 15) is 4.79 Å². The predicted octanol–water partition coefficient (Wildman–Crippen LogP) is 6.36. The van der Waals surface area contributed by atoms with Gasteiger partial charge in [0.05, 0.1) is 28.8 Å². The van der Waals surface area contributed by atoms with Crippen LogP contribution in [0.2, 0.25) is 0 Å². The molecule has 5 aromatic heterocycles. The number of hydrogen-bond donors (Lipinski definition) is 3. The fraction of sp³-hybridized carbons (Fsp3) is 0.138. The molecule has 0 atom stereocenters. The number of hydrogen-bond acceptors (Lipinski definition) is 5. The maximum absolute atomic E-state index is 12.2. The van der Waals surface area contributed by atoms with E-state index < -0.39 is 0 Å². The molecule has 0 unspecified atom stereocenters. The zero-order valence-corrected chi connectivity index (χ0v) is 20.3. The van der Waals surface area contributed by atoms with Gasteiger partial charge < -0.3 is 10.3 Å². The third kappa shape index (κ3) is 4.45. The molecule has 0 saturated heterocycles. The summed E-state index contributed by atoms with van der Waals surface area (Å²) in [5.41, 5.74) is 8.60. The van der Waals surface area contributed by atoms with Crippen LogP contribution in [0.1, 0.15) is 26.2 Å². The Balaban J connectivity index is 1.37. The summed E-state index contributed by atoms with van der Waals surface area (Å²) in [5.74, 6) is -0.00852. The van der Waals surface area contributed by atoms with E-state index in [0.29, 0.717) is 12.1 Å². The Kier molecular flexibility index (Phi) is 5.90. The van der Waals surface area contributed by atoms with Gasteiger partial charge in [0.15, 0.2) is 0 Å². The van der Waals surface area contributed by atoms with E-state index in [1.165, 1.54) is 0 Å². The highest BCUT2D eigenvalue weighted by molar-refractivity contribution is 6.00. The molecular weight excluding hydrogens is 462 g/mol. The number of aromatic amines is 2. The largest absolute Gasteiger partial charge is 0.353 e. The van der Waals surface area contributed by atoms with Crippen molar-refractivity contribution in [3.8, 4) is 33.8 Å². The van der Waals surface area contributed by atoms with Crippen LogP contribution in [0.5, 0.6) is 0 Å². The van der Waals surface area contributed by atoms with Crippen molar-refractivity contribution in [2.24, 2.45) is 0 Å². The molecule has 0 aliphatic heterocycles. The second-order valence-corrected chi connectivity index (χ2v) is 8.97. The smallest absolute Gasteiger partial charge is 0.224 e. The quantitative estimate of drug-likeness (QED) is 0.243. The molecule has 0 aliphatic rings. The fourth-order valence-corrected chi connectivity index (χ4v) is 4.51. The second kappa shape index (κ2) is 9.66. The van der Waals surface area contributed by atoms with Crippen molar-refractivity contribution in [2.45, 2.75) is 26.2 Å². The van der Waals surface area contributed by atoms with Gasteiger partial charge in [0, 0.05) is 47.0 Å². The number of anilines is 1. The molecule has 8 nitrogen and oxygen atoms in total.